The minimum Gasteiger partial charge on any atom is -0.508 e. The number of phenolic OH excluding ortho intramolecular Hbond substituents is 2. The second kappa shape index (κ2) is 9.54. The Hall–Kier alpha value is -4.04. The molecular formula is C28H27NO7. The molecule has 8 nitrogen and oxygen atoms in total. The van der Waals surface area contributed by atoms with E-state index >= 15 is 0 Å². The molecule has 0 radical (unpaired) electrons. The standard InChI is InChI=1S/C28H27NO7/c30-12-6-2-1-5-11-29-26(33)14-17-13-22-25(16-23(17)32)35-24-15-18(31)9-10-21(24)28(22)20-8-4-3-7-19(20)27(34)36-28/h3-4,7-10,13,15-16,30-32H,1-2,5-6,11-12,14H2,(H,29,33). The number of carbonyl (C=O) groups excluding carboxylic acids is 2. The first-order valence-corrected chi connectivity index (χ1v) is 12.0. The maximum Gasteiger partial charge on any atom is 0.340 e. The summed E-state index contributed by atoms with van der Waals surface area (Å²) in [4.78, 5) is 25.5. The Kier molecular flexibility index (Phi) is 6.28. The number of aliphatic hydroxyl groups excluding tert-OH is 1. The van der Waals surface area contributed by atoms with Crippen molar-refractivity contribution in [3.05, 3.63) is 82.4 Å². The van der Waals surface area contributed by atoms with Crippen molar-refractivity contribution in [3.8, 4) is 23.0 Å². The number of hydrogen-bond acceptors (Lipinski definition) is 7. The fourth-order valence-electron chi connectivity index (χ4n) is 4.94. The highest BCUT2D eigenvalue weighted by molar-refractivity contribution is 5.97. The highest BCUT2D eigenvalue weighted by Crippen LogP contribution is 2.57. The average molecular weight is 490 g/mol. The highest BCUT2D eigenvalue weighted by atomic mass is 16.6. The Balaban J connectivity index is 1.50. The van der Waals surface area contributed by atoms with E-state index in [9.17, 15) is 19.8 Å². The van der Waals surface area contributed by atoms with Crippen LogP contribution in [0, 0.1) is 0 Å². The molecule has 1 unspecified atom stereocenters. The Bertz CT molecular complexity index is 1340. The maximum absolute atomic E-state index is 12.9. The van der Waals surface area contributed by atoms with E-state index in [0.29, 0.717) is 40.1 Å². The summed E-state index contributed by atoms with van der Waals surface area (Å²) < 4.78 is 12.1. The first-order chi connectivity index (χ1) is 17.4. The second-order valence-electron chi connectivity index (χ2n) is 9.04. The van der Waals surface area contributed by atoms with Gasteiger partial charge in [0.1, 0.15) is 23.0 Å². The van der Waals surface area contributed by atoms with Gasteiger partial charge in [0.25, 0.3) is 0 Å². The summed E-state index contributed by atoms with van der Waals surface area (Å²) in [6.07, 6.45) is 3.29. The van der Waals surface area contributed by atoms with E-state index in [0.717, 1.165) is 25.7 Å². The second-order valence-corrected chi connectivity index (χ2v) is 9.04. The molecule has 0 saturated heterocycles. The number of hydrogen-bond donors (Lipinski definition) is 4. The van der Waals surface area contributed by atoms with Gasteiger partial charge in [-0.3, -0.25) is 4.79 Å². The van der Waals surface area contributed by atoms with Crippen molar-refractivity contribution < 1.29 is 34.4 Å². The van der Waals surface area contributed by atoms with Crippen LogP contribution in [0.1, 0.15) is 58.3 Å². The van der Waals surface area contributed by atoms with Crippen molar-refractivity contribution in [1.29, 1.82) is 0 Å². The van der Waals surface area contributed by atoms with Gasteiger partial charge in [-0.2, -0.15) is 0 Å². The van der Waals surface area contributed by atoms with Crippen molar-refractivity contribution in [2.75, 3.05) is 13.2 Å². The van der Waals surface area contributed by atoms with Crippen molar-refractivity contribution in [1.82, 2.24) is 5.32 Å². The zero-order chi connectivity index (χ0) is 25.3. The molecule has 3 aromatic carbocycles. The van der Waals surface area contributed by atoms with Crippen molar-refractivity contribution in [2.45, 2.75) is 37.7 Å². The number of fused-ring (bicyclic) bond motifs is 6. The number of ether oxygens (including phenoxy) is 2. The molecule has 0 bridgehead atoms. The van der Waals surface area contributed by atoms with E-state index in [1.165, 1.54) is 18.2 Å². The van der Waals surface area contributed by atoms with Gasteiger partial charge in [-0.1, -0.05) is 31.0 Å². The lowest BCUT2D eigenvalue weighted by molar-refractivity contribution is -0.120. The first kappa shape index (κ1) is 23.7. The van der Waals surface area contributed by atoms with Gasteiger partial charge in [0.15, 0.2) is 5.60 Å². The third-order valence-electron chi connectivity index (χ3n) is 6.65. The fraction of sp³-hybridized carbons (Fsp3) is 0.286. The molecule has 36 heavy (non-hydrogen) atoms. The number of rotatable bonds is 8. The molecule has 0 aromatic heterocycles. The molecule has 8 heteroatoms. The van der Waals surface area contributed by atoms with E-state index in [1.807, 2.05) is 12.1 Å². The van der Waals surface area contributed by atoms with Crippen LogP contribution < -0.4 is 10.1 Å². The Labute approximate surface area is 208 Å². The molecule has 2 aliphatic rings. The molecule has 2 aliphatic heterocycles. The van der Waals surface area contributed by atoms with Crippen LogP contribution in [0.2, 0.25) is 0 Å². The van der Waals surface area contributed by atoms with Gasteiger partial charge < -0.3 is 30.1 Å². The van der Waals surface area contributed by atoms with Crippen molar-refractivity contribution >= 4 is 11.9 Å². The number of phenols is 2. The van der Waals surface area contributed by atoms with Crippen LogP contribution in [0.4, 0.5) is 0 Å². The summed E-state index contributed by atoms with van der Waals surface area (Å²) in [5.74, 6) is -0.304. The molecule has 4 N–H and O–H groups in total. The molecule has 0 fully saturated rings. The highest BCUT2D eigenvalue weighted by Gasteiger charge is 2.53. The molecule has 5 rings (SSSR count). The minimum absolute atomic E-state index is 0.0150. The van der Waals surface area contributed by atoms with Gasteiger partial charge in [0.05, 0.1) is 12.0 Å². The third-order valence-corrected chi connectivity index (χ3v) is 6.65. The molecule has 0 saturated carbocycles. The van der Waals surface area contributed by atoms with E-state index in [2.05, 4.69) is 5.32 Å². The zero-order valence-corrected chi connectivity index (χ0v) is 19.6. The zero-order valence-electron chi connectivity index (χ0n) is 19.6. The number of nitrogens with one attached hydrogen (secondary N) is 1. The van der Waals surface area contributed by atoms with Gasteiger partial charge in [-0.15, -0.1) is 0 Å². The number of aliphatic hydroxyl groups is 1. The molecule has 3 aromatic rings. The van der Waals surface area contributed by atoms with E-state index < -0.39 is 11.6 Å². The van der Waals surface area contributed by atoms with Crippen molar-refractivity contribution in [2.24, 2.45) is 0 Å². The van der Waals surface area contributed by atoms with Crippen LogP contribution in [0.5, 0.6) is 23.0 Å². The lowest BCUT2D eigenvalue weighted by Gasteiger charge is -2.37. The van der Waals surface area contributed by atoms with Crippen LogP contribution in [0.3, 0.4) is 0 Å². The largest absolute Gasteiger partial charge is 0.508 e. The SMILES string of the molecule is O=C(Cc1cc2c(cc1O)Oc1cc(O)ccc1C21OC(=O)c2ccccc21)NCCCCCCO. The molecule has 1 spiro atoms. The van der Waals surface area contributed by atoms with E-state index in [-0.39, 0.29) is 36.2 Å². The van der Waals surface area contributed by atoms with Gasteiger partial charge in [-0.25, -0.2) is 4.79 Å². The number of esters is 1. The van der Waals surface area contributed by atoms with Crippen molar-refractivity contribution in [3.63, 3.8) is 0 Å². The smallest absolute Gasteiger partial charge is 0.340 e. The summed E-state index contributed by atoms with van der Waals surface area (Å²) in [7, 11) is 0. The summed E-state index contributed by atoms with van der Waals surface area (Å²) in [6.45, 7) is 0.672. The summed E-state index contributed by atoms with van der Waals surface area (Å²) >= 11 is 0. The minimum atomic E-state index is -1.35. The van der Waals surface area contributed by atoms with Gasteiger partial charge >= 0.3 is 5.97 Å². The maximum atomic E-state index is 12.9. The van der Waals surface area contributed by atoms with Crippen LogP contribution in [-0.4, -0.2) is 40.3 Å². The van der Waals surface area contributed by atoms with Gasteiger partial charge in [-0.05, 0) is 37.1 Å². The third kappa shape index (κ3) is 4.03. The van der Waals surface area contributed by atoms with Crippen LogP contribution >= 0.6 is 0 Å². The number of benzene rings is 3. The van der Waals surface area contributed by atoms with Gasteiger partial charge in [0.2, 0.25) is 5.91 Å². The normalized spacial score (nSPS) is 17.1. The predicted molar refractivity (Wildman–Crippen MR) is 130 cm³/mol. The lowest BCUT2D eigenvalue weighted by Crippen LogP contribution is -2.33. The molecule has 0 aliphatic carbocycles. The first-order valence-electron chi connectivity index (χ1n) is 12.0. The molecule has 1 atom stereocenters. The molecule has 186 valence electrons. The van der Waals surface area contributed by atoms with Crippen LogP contribution in [0.25, 0.3) is 0 Å². The Morgan fingerprint density at radius 3 is 2.50 bits per heavy atom. The van der Waals surface area contributed by atoms with Gasteiger partial charge in [0, 0.05) is 47.5 Å². The monoisotopic (exact) mass is 489 g/mol. The number of unbranched alkanes of at least 4 members (excludes halogenated alkanes) is 3. The number of aromatic hydroxyl groups is 2. The number of carbonyl (C=O) groups is 2. The fourth-order valence-corrected chi connectivity index (χ4v) is 4.94. The summed E-state index contributed by atoms with van der Waals surface area (Å²) in [5, 5.41) is 32.5. The quantitative estimate of drug-likeness (QED) is 0.280. The number of amides is 1. The topological polar surface area (TPSA) is 125 Å². The van der Waals surface area contributed by atoms with Crippen LogP contribution in [-0.2, 0) is 21.6 Å². The van der Waals surface area contributed by atoms with Crippen LogP contribution in [0.15, 0.2) is 54.6 Å². The molecular weight excluding hydrogens is 462 g/mol. The molecule has 2 heterocycles. The Morgan fingerprint density at radius 2 is 1.67 bits per heavy atom. The van der Waals surface area contributed by atoms with E-state index in [1.54, 1.807) is 24.3 Å². The van der Waals surface area contributed by atoms with E-state index in [4.69, 9.17) is 14.6 Å². The molecule has 1 amide bonds. The Morgan fingerprint density at radius 1 is 0.889 bits per heavy atom. The summed E-state index contributed by atoms with van der Waals surface area (Å²) in [5.41, 5.74) is 1.08. The average Bonchev–Trinajstić information content (AvgIpc) is 3.15. The lowest BCUT2D eigenvalue weighted by atomic mass is 9.77. The predicted octanol–water partition coefficient (Wildman–Crippen LogP) is 3.88. The summed E-state index contributed by atoms with van der Waals surface area (Å²) in [6, 6.07) is 14.7.